The number of halogens is 1. The quantitative estimate of drug-likeness (QED) is 0.743. The Morgan fingerprint density at radius 3 is 2.37 bits per heavy atom. The lowest BCUT2D eigenvalue weighted by atomic mass is 9.88. The average molecular weight is 285 g/mol. The van der Waals surface area contributed by atoms with E-state index < -0.39 is 0 Å². The summed E-state index contributed by atoms with van der Waals surface area (Å²) in [5, 5.41) is 11.7. The van der Waals surface area contributed by atoms with Crippen LogP contribution in [0.2, 0.25) is 0 Å². The van der Waals surface area contributed by atoms with Crippen molar-refractivity contribution in [3.05, 3.63) is 11.4 Å². The van der Waals surface area contributed by atoms with Crippen LogP contribution in [0.15, 0.2) is 0 Å². The van der Waals surface area contributed by atoms with Crippen molar-refractivity contribution >= 4 is 17.5 Å². The van der Waals surface area contributed by atoms with Gasteiger partial charge in [0.05, 0.1) is 11.4 Å². The molecule has 0 radical (unpaired) electrons. The fourth-order valence-corrected chi connectivity index (χ4v) is 2.10. The first-order chi connectivity index (χ1) is 9.02. The lowest BCUT2D eigenvalue weighted by molar-refractivity contribution is 0.354. The third-order valence-corrected chi connectivity index (χ3v) is 3.49. The standard InChI is InChI=1S/C14H25ClN4/c1-5-11-12(6-2)18-19-13(17-11)16-10-14(3,4)8-7-9-15/h5-10H2,1-4H3,(H,16,17,19). The molecule has 0 fully saturated rings. The molecule has 0 saturated carbocycles. The lowest BCUT2D eigenvalue weighted by Gasteiger charge is -2.24. The van der Waals surface area contributed by atoms with Gasteiger partial charge in [-0.25, -0.2) is 4.98 Å². The van der Waals surface area contributed by atoms with Crippen LogP contribution in [-0.4, -0.2) is 27.6 Å². The van der Waals surface area contributed by atoms with Gasteiger partial charge in [0, 0.05) is 12.4 Å². The Balaban J connectivity index is 2.62. The molecule has 0 aliphatic carbocycles. The average Bonchev–Trinajstić information content (AvgIpc) is 2.42. The Kier molecular flexibility index (Phi) is 6.49. The maximum absolute atomic E-state index is 5.74. The van der Waals surface area contributed by atoms with Crippen molar-refractivity contribution in [2.75, 3.05) is 17.7 Å². The van der Waals surface area contributed by atoms with Gasteiger partial charge in [-0.3, -0.25) is 0 Å². The van der Waals surface area contributed by atoms with Gasteiger partial charge >= 0.3 is 0 Å². The van der Waals surface area contributed by atoms with Crippen molar-refractivity contribution < 1.29 is 0 Å². The number of hydrogen-bond donors (Lipinski definition) is 1. The first-order valence-corrected chi connectivity index (χ1v) is 7.58. The molecule has 4 nitrogen and oxygen atoms in total. The minimum absolute atomic E-state index is 0.189. The molecule has 19 heavy (non-hydrogen) atoms. The van der Waals surface area contributed by atoms with Gasteiger partial charge in [-0.05, 0) is 31.1 Å². The fourth-order valence-electron chi connectivity index (χ4n) is 1.97. The minimum atomic E-state index is 0.189. The fraction of sp³-hybridized carbons (Fsp3) is 0.786. The van der Waals surface area contributed by atoms with Gasteiger partial charge in [0.15, 0.2) is 0 Å². The van der Waals surface area contributed by atoms with Gasteiger partial charge in [0.2, 0.25) is 5.95 Å². The van der Waals surface area contributed by atoms with Crippen LogP contribution < -0.4 is 5.32 Å². The second kappa shape index (κ2) is 7.63. The molecule has 1 N–H and O–H groups in total. The molecule has 0 atom stereocenters. The molecule has 0 unspecified atom stereocenters. The number of hydrogen-bond acceptors (Lipinski definition) is 4. The third kappa shape index (κ3) is 5.31. The van der Waals surface area contributed by atoms with Gasteiger partial charge in [-0.2, -0.15) is 5.10 Å². The highest BCUT2D eigenvalue weighted by Gasteiger charge is 2.17. The van der Waals surface area contributed by atoms with Crippen LogP contribution >= 0.6 is 11.6 Å². The zero-order valence-electron chi connectivity index (χ0n) is 12.5. The highest BCUT2D eigenvalue weighted by molar-refractivity contribution is 6.17. The van der Waals surface area contributed by atoms with E-state index in [2.05, 4.69) is 48.2 Å². The zero-order valence-corrected chi connectivity index (χ0v) is 13.2. The normalized spacial score (nSPS) is 11.6. The molecule has 0 aromatic carbocycles. The molecule has 1 rings (SSSR count). The van der Waals surface area contributed by atoms with E-state index >= 15 is 0 Å². The molecule has 1 heterocycles. The molecular weight excluding hydrogens is 260 g/mol. The lowest BCUT2D eigenvalue weighted by Crippen LogP contribution is -2.24. The summed E-state index contributed by atoms with van der Waals surface area (Å²) in [5.41, 5.74) is 2.22. The Hall–Kier alpha value is -0.900. The zero-order chi connectivity index (χ0) is 14.3. The molecular formula is C14H25ClN4. The number of rotatable bonds is 8. The second-order valence-electron chi connectivity index (χ2n) is 5.55. The summed E-state index contributed by atoms with van der Waals surface area (Å²) >= 11 is 5.74. The Bertz CT molecular complexity index is 393. The van der Waals surface area contributed by atoms with E-state index in [0.29, 0.717) is 11.8 Å². The Morgan fingerprint density at radius 2 is 1.79 bits per heavy atom. The summed E-state index contributed by atoms with van der Waals surface area (Å²) in [6, 6.07) is 0. The van der Waals surface area contributed by atoms with E-state index in [0.717, 1.165) is 43.6 Å². The Labute approximate surface area is 121 Å². The predicted molar refractivity (Wildman–Crippen MR) is 80.8 cm³/mol. The van der Waals surface area contributed by atoms with Crippen molar-refractivity contribution in [3.63, 3.8) is 0 Å². The summed E-state index contributed by atoms with van der Waals surface area (Å²) < 4.78 is 0. The molecule has 0 aliphatic heterocycles. The molecule has 0 spiro atoms. The van der Waals surface area contributed by atoms with Crippen LogP contribution in [0, 0.1) is 5.41 Å². The summed E-state index contributed by atoms with van der Waals surface area (Å²) in [4.78, 5) is 4.53. The largest absolute Gasteiger partial charge is 0.352 e. The summed E-state index contributed by atoms with van der Waals surface area (Å²) in [7, 11) is 0. The third-order valence-electron chi connectivity index (χ3n) is 3.22. The summed E-state index contributed by atoms with van der Waals surface area (Å²) in [6.07, 6.45) is 3.89. The van der Waals surface area contributed by atoms with Crippen LogP contribution in [-0.2, 0) is 12.8 Å². The Morgan fingerprint density at radius 1 is 1.11 bits per heavy atom. The van der Waals surface area contributed by atoms with E-state index in [9.17, 15) is 0 Å². The van der Waals surface area contributed by atoms with E-state index in [1.54, 1.807) is 0 Å². The van der Waals surface area contributed by atoms with Gasteiger partial charge in [0.1, 0.15) is 0 Å². The second-order valence-corrected chi connectivity index (χ2v) is 5.92. The number of anilines is 1. The number of alkyl halides is 1. The number of nitrogens with zero attached hydrogens (tertiary/aromatic N) is 3. The first-order valence-electron chi connectivity index (χ1n) is 7.04. The topological polar surface area (TPSA) is 50.7 Å². The summed E-state index contributed by atoms with van der Waals surface area (Å²) in [5.74, 6) is 1.35. The monoisotopic (exact) mass is 284 g/mol. The molecule has 0 saturated heterocycles. The molecule has 1 aromatic heterocycles. The molecule has 108 valence electrons. The maximum Gasteiger partial charge on any atom is 0.242 e. The summed E-state index contributed by atoms with van der Waals surface area (Å²) in [6.45, 7) is 9.45. The van der Waals surface area contributed by atoms with Crippen LogP contribution in [0.3, 0.4) is 0 Å². The van der Waals surface area contributed by atoms with Crippen molar-refractivity contribution in [1.82, 2.24) is 15.2 Å². The van der Waals surface area contributed by atoms with Crippen LogP contribution in [0.5, 0.6) is 0 Å². The smallest absolute Gasteiger partial charge is 0.242 e. The predicted octanol–water partition coefficient (Wildman–Crippen LogP) is 3.45. The molecule has 1 aromatic rings. The highest BCUT2D eigenvalue weighted by atomic mass is 35.5. The molecule has 0 amide bonds. The van der Waals surface area contributed by atoms with Crippen LogP contribution in [0.25, 0.3) is 0 Å². The van der Waals surface area contributed by atoms with Crippen LogP contribution in [0.1, 0.15) is 51.9 Å². The van der Waals surface area contributed by atoms with E-state index in [1.807, 2.05) is 0 Å². The van der Waals surface area contributed by atoms with Gasteiger partial charge < -0.3 is 5.32 Å². The van der Waals surface area contributed by atoms with E-state index in [1.165, 1.54) is 0 Å². The maximum atomic E-state index is 5.74. The van der Waals surface area contributed by atoms with Gasteiger partial charge in [-0.15, -0.1) is 16.7 Å². The first kappa shape index (κ1) is 16.2. The molecule has 0 bridgehead atoms. The van der Waals surface area contributed by atoms with Crippen molar-refractivity contribution in [2.24, 2.45) is 5.41 Å². The molecule has 5 heteroatoms. The van der Waals surface area contributed by atoms with Crippen molar-refractivity contribution in [2.45, 2.75) is 53.4 Å². The minimum Gasteiger partial charge on any atom is -0.352 e. The van der Waals surface area contributed by atoms with Crippen LogP contribution in [0.4, 0.5) is 5.95 Å². The van der Waals surface area contributed by atoms with Crippen molar-refractivity contribution in [3.8, 4) is 0 Å². The molecule has 0 aliphatic rings. The SMILES string of the molecule is CCc1nnc(NCC(C)(C)CCCCl)nc1CC. The van der Waals surface area contributed by atoms with Crippen molar-refractivity contribution in [1.29, 1.82) is 0 Å². The number of aryl methyl sites for hydroxylation is 2. The highest BCUT2D eigenvalue weighted by Crippen LogP contribution is 2.22. The van der Waals surface area contributed by atoms with E-state index in [-0.39, 0.29) is 5.41 Å². The number of aromatic nitrogens is 3. The number of nitrogens with one attached hydrogen (secondary N) is 1. The van der Waals surface area contributed by atoms with E-state index in [4.69, 9.17) is 11.6 Å². The van der Waals surface area contributed by atoms with Gasteiger partial charge in [-0.1, -0.05) is 27.7 Å². The van der Waals surface area contributed by atoms with Gasteiger partial charge in [0.25, 0.3) is 0 Å².